The van der Waals surface area contributed by atoms with E-state index in [4.69, 9.17) is 4.42 Å². The van der Waals surface area contributed by atoms with E-state index in [-0.39, 0.29) is 5.97 Å². The second-order valence-electron chi connectivity index (χ2n) is 3.76. The molecule has 0 amide bonds. The van der Waals surface area contributed by atoms with Crippen LogP contribution in [0.4, 0.5) is 0 Å². The second kappa shape index (κ2) is 5.50. The molecule has 1 N–H and O–H groups in total. The van der Waals surface area contributed by atoms with E-state index in [9.17, 15) is 4.79 Å². The number of carbonyl (C=O) groups is 1. The molecular formula is C13H15NO3. The normalized spacial score (nSPS) is 10.6. The highest BCUT2D eigenvalue weighted by Gasteiger charge is 2.04. The van der Waals surface area contributed by atoms with E-state index in [0.29, 0.717) is 19.5 Å². The highest BCUT2D eigenvalue weighted by atomic mass is 16.5. The number of furan rings is 1. The van der Waals surface area contributed by atoms with Crippen LogP contribution in [0.2, 0.25) is 0 Å². The molecule has 1 aromatic heterocycles. The zero-order valence-corrected chi connectivity index (χ0v) is 9.73. The van der Waals surface area contributed by atoms with Gasteiger partial charge in [-0.2, -0.15) is 0 Å². The summed E-state index contributed by atoms with van der Waals surface area (Å²) >= 11 is 0. The van der Waals surface area contributed by atoms with Crippen molar-refractivity contribution < 1.29 is 13.9 Å². The largest absolute Gasteiger partial charge is 0.469 e. The average molecular weight is 233 g/mol. The monoisotopic (exact) mass is 233 g/mol. The van der Waals surface area contributed by atoms with Gasteiger partial charge in [-0.3, -0.25) is 4.79 Å². The van der Waals surface area contributed by atoms with Crippen molar-refractivity contribution in [3.63, 3.8) is 0 Å². The summed E-state index contributed by atoms with van der Waals surface area (Å²) < 4.78 is 9.98. The Morgan fingerprint density at radius 2 is 2.24 bits per heavy atom. The van der Waals surface area contributed by atoms with Gasteiger partial charge in [0.25, 0.3) is 0 Å². The van der Waals surface area contributed by atoms with Crippen LogP contribution in [0.25, 0.3) is 11.0 Å². The molecule has 17 heavy (non-hydrogen) atoms. The van der Waals surface area contributed by atoms with E-state index < -0.39 is 0 Å². The molecule has 0 spiro atoms. The molecule has 0 bridgehead atoms. The van der Waals surface area contributed by atoms with Crippen LogP contribution >= 0.6 is 0 Å². The topological polar surface area (TPSA) is 51.5 Å². The van der Waals surface area contributed by atoms with Gasteiger partial charge in [0.05, 0.1) is 19.8 Å². The molecule has 4 heteroatoms. The third-order valence-electron chi connectivity index (χ3n) is 2.61. The Hall–Kier alpha value is -1.81. The predicted octanol–water partition coefficient (Wildman–Crippen LogP) is 2.09. The summed E-state index contributed by atoms with van der Waals surface area (Å²) in [6.45, 7) is 1.29. The third kappa shape index (κ3) is 2.85. The molecule has 0 radical (unpaired) electrons. The zero-order valence-electron chi connectivity index (χ0n) is 9.73. The summed E-state index contributed by atoms with van der Waals surface area (Å²) in [6.07, 6.45) is 2.13. The summed E-state index contributed by atoms with van der Waals surface area (Å²) in [5.41, 5.74) is 1.99. The number of ether oxygens (including phenoxy) is 1. The molecule has 0 unspecified atom stereocenters. The first kappa shape index (κ1) is 11.7. The summed E-state index contributed by atoms with van der Waals surface area (Å²) in [4.78, 5) is 10.9. The van der Waals surface area contributed by atoms with Crippen molar-refractivity contribution in [2.75, 3.05) is 13.7 Å². The third-order valence-corrected chi connectivity index (χ3v) is 2.61. The van der Waals surface area contributed by atoms with E-state index in [1.165, 1.54) is 7.11 Å². The van der Waals surface area contributed by atoms with Gasteiger partial charge in [0.15, 0.2) is 0 Å². The van der Waals surface area contributed by atoms with Crippen LogP contribution in [0.15, 0.2) is 34.9 Å². The van der Waals surface area contributed by atoms with Crippen molar-refractivity contribution in [1.29, 1.82) is 0 Å². The number of hydrogen-bond acceptors (Lipinski definition) is 4. The van der Waals surface area contributed by atoms with Gasteiger partial charge in [0.2, 0.25) is 0 Å². The number of para-hydroxylation sites is 1. The lowest BCUT2D eigenvalue weighted by Crippen LogP contribution is -2.18. The molecule has 0 saturated carbocycles. The lowest BCUT2D eigenvalue weighted by atomic mass is 10.2. The molecular weight excluding hydrogens is 218 g/mol. The Morgan fingerprint density at radius 1 is 1.41 bits per heavy atom. The summed E-state index contributed by atoms with van der Waals surface area (Å²) in [7, 11) is 1.39. The van der Waals surface area contributed by atoms with Crippen LogP contribution < -0.4 is 5.32 Å². The van der Waals surface area contributed by atoms with Crippen molar-refractivity contribution in [2.24, 2.45) is 0 Å². The molecule has 4 nitrogen and oxygen atoms in total. The van der Waals surface area contributed by atoms with Gasteiger partial charge in [-0.25, -0.2) is 0 Å². The maximum Gasteiger partial charge on any atom is 0.306 e. The Kier molecular flexibility index (Phi) is 3.77. The maximum atomic E-state index is 10.9. The molecule has 0 aliphatic heterocycles. The zero-order chi connectivity index (χ0) is 12.1. The van der Waals surface area contributed by atoms with Crippen molar-refractivity contribution >= 4 is 16.9 Å². The fourth-order valence-electron chi connectivity index (χ4n) is 1.69. The highest BCUT2D eigenvalue weighted by molar-refractivity contribution is 5.80. The van der Waals surface area contributed by atoms with Crippen LogP contribution in [0, 0.1) is 0 Å². The number of methoxy groups -OCH3 is 1. The Morgan fingerprint density at radius 3 is 3.06 bits per heavy atom. The molecule has 0 atom stereocenters. The second-order valence-corrected chi connectivity index (χ2v) is 3.76. The van der Waals surface area contributed by atoms with Crippen molar-refractivity contribution in [1.82, 2.24) is 5.32 Å². The Balaban J connectivity index is 1.89. The molecule has 0 aliphatic rings. The lowest BCUT2D eigenvalue weighted by molar-refractivity contribution is -0.140. The van der Waals surface area contributed by atoms with Gasteiger partial charge < -0.3 is 14.5 Å². The number of carbonyl (C=O) groups excluding carboxylic acids is 1. The van der Waals surface area contributed by atoms with Crippen LogP contribution in [0.5, 0.6) is 0 Å². The van der Waals surface area contributed by atoms with Crippen LogP contribution in [-0.2, 0) is 16.1 Å². The molecule has 0 saturated heterocycles. The summed E-state index contributed by atoms with van der Waals surface area (Å²) in [5, 5.41) is 4.29. The van der Waals surface area contributed by atoms with Gasteiger partial charge in [-0.1, -0.05) is 18.2 Å². The number of nitrogens with one attached hydrogen (secondary N) is 1. The maximum absolute atomic E-state index is 10.9. The minimum atomic E-state index is -0.199. The quantitative estimate of drug-likeness (QED) is 0.634. The number of esters is 1. The van der Waals surface area contributed by atoms with Crippen molar-refractivity contribution in [2.45, 2.75) is 13.0 Å². The van der Waals surface area contributed by atoms with E-state index in [1.807, 2.05) is 24.3 Å². The standard InChI is InChI=1S/C13H15NO3/c1-16-13(15)6-7-14-8-10-9-17-12-5-3-2-4-11(10)12/h2-5,9,14H,6-8H2,1H3. The van der Waals surface area contributed by atoms with Crippen LogP contribution in [-0.4, -0.2) is 19.6 Å². The smallest absolute Gasteiger partial charge is 0.306 e. The van der Waals surface area contributed by atoms with Crippen molar-refractivity contribution in [3.8, 4) is 0 Å². The fraction of sp³-hybridized carbons (Fsp3) is 0.308. The average Bonchev–Trinajstić information content (AvgIpc) is 2.78. The number of fused-ring (bicyclic) bond motifs is 1. The van der Waals surface area contributed by atoms with Gasteiger partial charge in [-0.05, 0) is 6.07 Å². The molecule has 90 valence electrons. The van der Waals surface area contributed by atoms with Gasteiger partial charge in [0.1, 0.15) is 5.58 Å². The van der Waals surface area contributed by atoms with E-state index >= 15 is 0 Å². The molecule has 1 aromatic carbocycles. The summed E-state index contributed by atoms with van der Waals surface area (Å²) in [5.74, 6) is -0.199. The van der Waals surface area contributed by atoms with Gasteiger partial charge >= 0.3 is 5.97 Å². The predicted molar refractivity (Wildman–Crippen MR) is 64.6 cm³/mol. The van der Waals surface area contributed by atoms with Crippen LogP contribution in [0.1, 0.15) is 12.0 Å². The highest BCUT2D eigenvalue weighted by Crippen LogP contribution is 2.20. The molecule has 1 heterocycles. The van der Waals surface area contributed by atoms with E-state index in [0.717, 1.165) is 16.5 Å². The minimum absolute atomic E-state index is 0.199. The first-order chi connectivity index (χ1) is 8.31. The van der Waals surface area contributed by atoms with Gasteiger partial charge in [0, 0.05) is 24.0 Å². The molecule has 0 fully saturated rings. The molecule has 0 aliphatic carbocycles. The first-order valence-electron chi connectivity index (χ1n) is 5.54. The van der Waals surface area contributed by atoms with Gasteiger partial charge in [-0.15, -0.1) is 0 Å². The minimum Gasteiger partial charge on any atom is -0.469 e. The first-order valence-corrected chi connectivity index (χ1v) is 5.54. The SMILES string of the molecule is COC(=O)CCNCc1coc2ccccc12. The Bertz CT molecular complexity index is 504. The van der Waals surface area contributed by atoms with Crippen LogP contribution in [0.3, 0.4) is 0 Å². The van der Waals surface area contributed by atoms with Crippen molar-refractivity contribution in [3.05, 3.63) is 36.1 Å². The lowest BCUT2D eigenvalue weighted by Gasteiger charge is -2.02. The number of benzene rings is 1. The fourth-order valence-corrected chi connectivity index (χ4v) is 1.69. The number of rotatable bonds is 5. The molecule has 2 aromatic rings. The van der Waals surface area contributed by atoms with E-state index in [2.05, 4.69) is 10.1 Å². The number of hydrogen-bond donors (Lipinski definition) is 1. The summed E-state index contributed by atoms with van der Waals surface area (Å²) in [6, 6.07) is 7.89. The molecule has 2 rings (SSSR count). The Labute approximate surface area is 99.6 Å². The van der Waals surface area contributed by atoms with E-state index in [1.54, 1.807) is 6.26 Å².